The zero-order valence-corrected chi connectivity index (χ0v) is 13.2. The van der Waals surface area contributed by atoms with Crippen molar-refractivity contribution < 1.29 is 19.4 Å². The fourth-order valence-electron chi connectivity index (χ4n) is 2.20. The Hall–Kier alpha value is -4.02. The highest BCUT2D eigenvalue weighted by atomic mass is 16.5. The highest BCUT2D eigenvalue weighted by Gasteiger charge is 2.15. The number of carboxylic acid groups (broad SMARTS) is 1. The van der Waals surface area contributed by atoms with Crippen LogP contribution in [0.2, 0.25) is 0 Å². The van der Waals surface area contributed by atoms with Crippen molar-refractivity contribution in [2.45, 2.75) is 6.42 Å². The van der Waals surface area contributed by atoms with Gasteiger partial charge < -0.3 is 20.0 Å². The number of carbonyl (C=O) groups is 2. The maximum absolute atomic E-state index is 12.3. The van der Waals surface area contributed by atoms with E-state index in [9.17, 15) is 9.59 Å². The molecule has 0 saturated carbocycles. The highest BCUT2D eigenvalue weighted by molar-refractivity contribution is 5.92. The van der Waals surface area contributed by atoms with Crippen LogP contribution in [0.1, 0.15) is 16.1 Å². The lowest BCUT2D eigenvalue weighted by Gasteiger charge is -2.09. The second-order valence-corrected chi connectivity index (χ2v) is 5.10. The molecule has 0 aliphatic rings. The molecule has 0 bridgehead atoms. The standard InChI is InChI=1S/C15H13N7O4/c16-14(17)21-15-19-6-8(7-20-15)13(25)26-10-2-1-9(5-11(23)24)22-4-3-18-12(10)22/h1-4,6-7H,5H2,(H,23,24)(H4,16,17,19,20,21). The van der Waals surface area contributed by atoms with Gasteiger partial charge in [-0.15, -0.1) is 0 Å². The molecule has 0 saturated heterocycles. The average Bonchev–Trinajstić information content (AvgIpc) is 3.07. The van der Waals surface area contributed by atoms with E-state index in [1.54, 1.807) is 12.3 Å². The van der Waals surface area contributed by atoms with Gasteiger partial charge in [0.05, 0.1) is 12.0 Å². The molecule has 3 heterocycles. The van der Waals surface area contributed by atoms with Crippen molar-refractivity contribution in [3.63, 3.8) is 0 Å². The molecule has 11 heteroatoms. The van der Waals surface area contributed by atoms with Gasteiger partial charge in [-0.25, -0.2) is 19.7 Å². The molecule has 0 unspecified atom stereocenters. The largest absolute Gasteiger partial charge is 0.481 e. The Kier molecular flexibility index (Phi) is 4.43. The van der Waals surface area contributed by atoms with Gasteiger partial charge in [0.2, 0.25) is 5.95 Å². The van der Waals surface area contributed by atoms with Gasteiger partial charge in [-0.2, -0.15) is 0 Å². The lowest BCUT2D eigenvalue weighted by Crippen LogP contribution is -2.22. The second-order valence-electron chi connectivity index (χ2n) is 5.10. The third kappa shape index (κ3) is 3.56. The zero-order valence-electron chi connectivity index (χ0n) is 13.2. The molecular formula is C15H13N7O4. The lowest BCUT2D eigenvalue weighted by atomic mass is 10.2. The third-order valence-electron chi connectivity index (χ3n) is 3.27. The summed E-state index contributed by atoms with van der Waals surface area (Å²) in [6.45, 7) is 0. The first-order valence-electron chi connectivity index (χ1n) is 7.26. The Morgan fingerprint density at radius 2 is 2.00 bits per heavy atom. The van der Waals surface area contributed by atoms with Crippen LogP contribution < -0.4 is 15.8 Å². The first-order chi connectivity index (χ1) is 12.4. The first-order valence-corrected chi connectivity index (χ1v) is 7.26. The molecule has 0 radical (unpaired) electrons. The predicted octanol–water partition coefficient (Wildman–Crippen LogP) is 0.276. The monoisotopic (exact) mass is 355 g/mol. The number of rotatable bonds is 5. The number of esters is 1. The summed E-state index contributed by atoms with van der Waals surface area (Å²) in [5.41, 5.74) is 6.05. The number of nitrogens with one attached hydrogen (secondary N) is 2. The van der Waals surface area contributed by atoms with Gasteiger partial charge >= 0.3 is 11.9 Å². The molecule has 0 aromatic carbocycles. The van der Waals surface area contributed by atoms with Crippen LogP contribution in [-0.2, 0) is 11.2 Å². The van der Waals surface area contributed by atoms with Gasteiger partial charge in [0.25, 0.3) is 0 Å². The molecule has 26 heavy (non-hydrogen) atoms. The van der Waals surface area contributed by atoms with Crippen LogP contribution in [0.4, 0.5) is 5.95 Å². The van der Waals surface area contributed by atoms with Gasteiger partial charge in [0.1, 0.15) is 0 Å². The van der Waals surface area contributed by atoms with Gasteiger partial charge in [-0.05, 0) is 12.1 Å². The van der Waals surface area contributed by atoms with E-state index in [2.05, 4.69) is 20.3 Å². The van der Waals surface area contributed by atoms with E-state index in [0.29, 0.717) is 11.3 Å². The summed E-state index contributed by atoms with van der Waals surface area (Å²) < 4.78 is 6.85. The number of hydrogen-bond acceptors (Lipinski definition) is 7. The molecule has 0 amide bonds. The minimum Gasteiger partial charge on any atom is -0.481 e. The molecule has 0 atom stereocenters. The normalized spacial score (nSPS) is 10.5. The maximum atomic E-state index is 12.3. The SMILES string of the molecule is N=C(N)Nc1ncc(C(=O)Oc2ccc(CC(=O)O)n3ccnc23)cn1. The molecule has 3 aromatic rings. The van der Waals surface area contributed by atoms with Gasteiger partial charge in [-0.3, -0.25) is 15.5 Å². The molecule has 0 fully saturated rings. The molecule has 3 rings (SSSR count). The fraction of sp³-hybridized carbons (Fsp3) is 0.0667. The summed E-state index contributed by atoms with van der Waals surface area (Å²) in [6, 6.07) is 3.02. The van der Waals surface area contributed by atoms with Crippen molar-refractivity contribution in [2.75, 3.05) is 5.32 Å². The number of nitrogens with two attached hydrogens (primary N) is 1. The van der Waals surface area contributed by atoms with E-state index in [4.69, 9.17) is 21.0 Å². The number of carboxylic acids is 1. The van der Waals surface area contributed by atoms with Crippen LogP contribution in [-0.4, -0.2) is 42.4 Å². The van der Waals surface area contributed by atoms with Crippen molar-refractivity contribution in [1.82, 2.24) is 19.4 Å². The first kappa shape index (κ1) is 16.8. The van der Waals surface area contributed by atoms with E-state index in [-0.39, 0.29) is 29.6 Å². The summed E-state index contributed by atoms with van der Waals surface area (Å²) in [6.07, 6.45) is 5.31. The minimum atomic E-state index is -0.985. The highest BCUT2D eigenvalue weighted by Crippen LogP contribution is 2.21. The number of fused-ring (bicyclic) bond motifs is 1. The van der Waals surface area contributed by atoms with Crippen LogP contribution in [0.25, 0.3) is 5.65 Å². The van der Waals surface area contributed by atoms with Crippen LogP contribution >= 0.6 is 0 Å². The molecular weight excluding hydrogens is 342 g/mol. The number of carbonyl (C=O) groups excluding carboxylic acids is 1. The van der Waals surface area contributed by atoms with Gasteiger partial charge in [-0.1, -0.05) is 0 Å². The number of aliphatic carboxylic acids is 1. The summed E-state index contributed by atoms with van der Waals surface area (Å²) in [7, 11) is 0. The Labute approximate surface area is 146 Å². The Morgan fingerprint density at radius 3 is 2.65 bits per heavy atom. The van der Waals surface area contributed by atoms with Crippen molar-refractivity contribution in [3.05, 3.63) is 48.2 Å². The second kappa shape index (κ2) is 6.84. The summed E-state index contributed by atoms with van der Waals surface area (Å²) in [5, 5.41) is 18.4. The van der Waals surface area contributed by atoms with E-state index in [0.717, 1.165) is 0 Å². The fourth-order valence-corrected chi connectivity index (χ4v) is 2.20. The molecule has 5 N–H and O–H groups in total. The van der Waals surface area contributed by atoms with E-state index >= 15 is 0 Å². The number of guanidine groups is 1. The van der Waals surface area contributed by atoms with Crippen LogP contribution in [0.5, 0.6) is 5.75 Å². The Bertz CT molecular complexity index is 997. The van der Waals surface area contributed by atoms with Gasteiger partial charge in [0.15, 0.2) is 17.4 Å². The summed E-state index contributed by atoms with van der Waals surface area (Å²) in [5.74, 6) is -1.79. The number of ether oxygens (including phenoxy) is 1. The average molecular weight is 355 g/mol. The van der Waals surface area contributed by atoms with E-state index < -0.39 is 11.9 Å². The van der Waals surface area contributed by atoms with Crippen molar-refractivity contribution in [3.8, 4) is 5.75 Å². The third-order valence-corrected chi connectivity index (χ3v) is 3.27. The number of imidazole rings is 1. The minimum absolute atomic E-state index is 0.0720. The molecule has 0 aliphatic heterocycles. The van der Waals surface area contributed by atoms with Crippen LogP contribution in [0.15, 0.2) is 36.9 Å². The van der Waals surface area contributed by atoms with Crippen molar-refractivity contribution >= 4 is 29.5 Å². The number of pyridine rings is 1. The molecule has 11 nitrogen and oxygen atoms in total. The van der Waals surface area contributed by atoms with E-state index in [1.165, 1.54) is 29.1 Å². The number of nitrogens with zero attached hydrogens (tertiary/aromatic N) is 4. The molecule has 0 spiro atoms. The summed E-state index contributed by atoms with van der Waals surface area (Å²) >= 11 is 0. The van der Waals surface area contributed by atoms with Crippen LogP contribution in [0, 0.1) is 5.41 Å². The molecule has 3 aromatic heterocycles. The zero-order chi connectivity index (χ0) is 18.7. The smallest absolute Gasteiger partial charge is 0.346 e. The topological polar surface area (TPSA) is 169 Å². The maximum Gasteiger partial charge on any atom is 0.346 e. The van der Waals surface area contributed by atoms with Crippen molar-refractivity contribution in [2.24, 2.45) is 5.73 Å². The van der Waals surface area contributed by atoms with Gasteiger partial charge in [0, 0.05) is 30.5 Å². The lowest BCUT2D eigenvalue weighted by molar-refractivity contribution is -0.136. The number of anilines is 1. The predicted molar refractivity (Wildman–Crippen MR) is 89.1 cm³/mol. The molecule has 132 valence electrons. The summed E-state index contributed by atoms with van der Waals surface area (Å²) in [4.78, 5) is 35.0. The number of hydrogen-bond donors (Lipinski definition) is 4. The van der Waals surface area contributed by atoms with Crippen LogP contribution in [0.3, 0.4) is 0 Å². The van der Waals surface area contributed by atoms with E-state index in [1.807, 2.05) is 0 Å². The Balaban J connectivity index is 1.82. The van der Waals surface area contributed by atoms with Crippen molar-refractivity contribution in [1.29, 1.82) is 5.41 Å². The Morgan fingerprint density at radius 1 is 1.27 bits per heavy atom. The number of aromatic nitrogens is 4. The molecule has 0 aliphatic carbocycles. The quantitative estimate of drug-likeness (QED) is 0.285.